The molecule has 0 bridgehead atoms. The molecule has 20 heavy (non-hydrogen) atoms. The highest BCUT2D eigenvalue weighted by molar-refractivity contribution is 7.99. The van der Waals surface area contributed by atoms with Crippen LogP contribution in [-0.4, -0.2) is 30.2 Å². The van der Waals surface area contributed by atoms with Gasteiger partial charge in [0, 0.05) is 17.4 Å². The van der Waals surface area contributed by atoms with E-state index in [4.69, 9.17) is 13.9 Å². The van der Waals surface area contributed by atoms with Crippen molar-refractivity contribution >= 4 is 11.8 Å². The van der Waals surface area contributed by atoms with Crippen LogP contribution in [0, 0.1) is 5.92 Å². The molecular weight excluding hydrogens is 276 g/mol. The summed E-state index contributed by atoms with van der Waals surface area (Å²) < 4.78 is 16.1. The van der Waals surface area contributed by atoms with E-state index in [1.54, 1.807) is 32.0 Å². The first-order valence-corrected chi connectivity index (χ1v) is 7.30. The van der Waals surface area contributed by atoms with Gasteiger partial charge in [-0.25, -0.2) is 0 Å². The highest BCUT2D eigenvalue weighted by atomic mass is 32.2. The molecule has 0 fully saturated rings. The van der Waals surface area contributed by atoms with Gasteiger partial charge < -0.3 is 13.9 Å². The molecule has 0 radical (unpaired) electrons. The van der Waals surface area contributed by atoms with Gasteiger partial charge in [0.15, 0.2) is 0 Å². The Balaban J connectivity index is 2.22. The lowest BCUT2D eigenvalue weighted by atomic mass is 10.2. The van der Waals surface area contributed by atoms with Gasteiger partial charge in [0.05, 0.1) is 14.2 Å². The molecule has 5 nitrogen and oxygen atoms in total. The van der Waals surface area contributed by atoms with Crippen LogP contribution in [0.4, 0.5) is 0 Å². The van der Waals surface area contributed by atoms with Gasteiger partial charge in [0.1, 0.15) is 11.5 Å². The fourth-order valence-corrected chi connectivity index (χ4v) is 2.27. The van der Waals surface area contributed by atoms with Crippen LogP contribution in [0.5, 0.6) is 11.5 Å². The Kier molecular flexibility index (Phi) is 4.89. The van der Waals surface area contributed by atoms with Crippen molar-refractivity contribution in [1.29, 1.82) is 0 Å². The Morgan fingerprint density at radius 1 is 1.10 bits per heavy atom. The molecule has 6 heteroatoms. The van der Waals surface area contributed by atoms with Gasteiger partial charge in [-0.3, -0.25) is 0 Å². The van der Waals surface area contributed by atoms with Gasteiger partial charge in [-0.15, -0.1) is 10.2 Å². The second kappa shape index (κ2) is 6.65. The molecule has 1 heterocycles. The summed E-state index contributed by atoms with van der Waals surface area (Å²) in [6.07, 6.45) is 0. The highest BCUT2D eigenvalue weighted by Gasteiger charge is 2.12. The van der Waals surface area contributed by atoms with E-state index in [-0.39, 0.29) is 0 Å². The van der Waals surface area contributed by atoms with Crippen molar-refractivity contribution in [1.82, 2.24) is 10.2 Å². The Bertz CT molecular complexity index is 547. The molecule has 0 aliphatic heterocycles. The largest absolute Gasteiger partial charge is 0.497 e. The van der Waals surface area contributed by atoms with Gasteiger partial charge >= 0.3 is 0 Å². The lowest BCUT2D eigenvalue weighted by Gasteiger charge is -2.05. The van der Waals surface area contributed by atoms with E-state index < -0.39 is 0 Å². The predicted octanol–water partition coefficient (Wildman–Crippen LogP) is 3.50. The average molecular weight is 294 g/mol. The maximum atomic E-state index is 5.65. The number of aromatic nitrogens is 2. The van der Waals surface area contributed by atoms with Crippen molar-refractivity contribution in [2.24, 2.45) is 5.92 Å². The van der Waals surface area contributed by atoms with Crippen LogP contribution in [0.15, 0.2) is 27.8 Å². The van der Waals surface area contributed by atoms with E-state index in [9.17, 15) is 0 Å². The Hall–Kier alpha value is -1.69. The monoisotopic (exact) mass is 294 g/mol. The highest BCUT2D eigenvalue weighted by Crippen LogP contribution is 2.30. The molecule has 1 aromatic heterocycles. The minimum absolute atomic E-state index is 0.466. The second-order valence-electron chi connectivity index (χ2n) is 4.68. The van der Waals surface area contributed by atoms with E-state index in [2.05, 4.69) is 24.0 Å². The summed E-state index contributed by atoms with van der Waals surface area (Å²) in [4.78, 5) is 0. The summed E-state index contributed by atoms with van der Waals surface area (Å²) >= 11 is 1.56. The van der Waals surface area contributed by atoms with Crippen LogP contribution in [0.25, 0.3) is 11.5 Å². The summed E-state index contributed by atoms with van der Waals surface area (Å²) in [5.74, 6) is 3.37. The van der Waals surface area contributed by atoms with Crippen LogP contribution in [-0.2, 0) is 0 Å². The molecule has 0 saturated heterocycles. The van der Waals surface area contributed by atoms with Crippen LogP contribution in [0.1, 0.15) is 13.8 Å². The molecule has 0 atom stereocenters. The fourth-order valence-electron chi connectivity index (χ4n) is 1.55. The molecule has 2 aromatic rings. The third-order valence-electron chi connectivity index (χ3n) is 2.54. The number of methoxy groups -OCH3 is 2. The van der Waals surface area contributed by atoms with Crippen LogP contribution < -0.4 is 9.47 Å². The van der Waals surface area contributed by atoms with Gasteiger partial charge in [0.2, 0.25) is 5.89 Å². The van der Waals surface area contributed by atoms with Crippen molar-refractivity contribution in [3.63, 3.8) is 0 Å². The Morgan fingerprint density at radius 2 is 1.75 bits per heavy atom. The number of benzene rings is 1. The summed E-state index contributed by atoms with van der Waals surface area (Å²) in [7, 11) is 3.21. The molecule has 0 spiro atoms. The Labute approximate surface area is 122 Å². The summed E-state index contributed by atoms with van der Waals surface area (Å²) in [5, 5.41) is 8.69. The number of rotatable bonds is 6. The second-order valence-corrected chi connectivity index (χ2v) is 5.65. The summed E-state index contributed by atoms with van der Waals surface area (Å²) in [6, 6.07) is 5.48. The van der Waals surface area contributed by atoms with Gasteiger partial charge in [0.25, 0.3) is 5.22 Å². The topological polar surface area (TPSA) is 57.4 Å². The zero-order chi connectivity index (χ0) is 14.5. The first-order valence-electron chi connectivity index (χ1n) is 6.32. The van der Waals surface area contributed by atoms with Crippen molar-refractivity contribution < 1.29 is 13.9 Å². The smallest absolute Gasteiger partial charge is 0.276 e. The van der Waals surface area contributed by atoms with Crippen molar-refractivity contribution in [2.75, 3.05) is 20.0 Å². The average Bonchev–Trinajstić information content (AvgIpc) is 2.93. The lowest BCUT2D eigenvalue weighted by Crippen LogP contribution is -1.89. The van der Waals surface area contributed by atoms with Crippen LogP contribution >= 0.6 is 11.8 Å². The maximum Gasteiger partial charge on any atom is 0.276 e. The van der Waals surface area contributed by atoms with E-state index in [1.165, 1.54) is 0 Å². The summed E-state index contributed by atoms with van der Waals surface area (Å²) in [6.45, 7) is 4.30. The first-order chi connectivity index (χ1) is 9.62. The molecule has 0 unspecified atom stereocenters. The molecule has 0 N–H and O–H groups in total. The number of hydrogen-bond donors (Lipinski definition) is 0. The Morgan fingerprint density at radius 3 is 2.30 bits per heavy atom. The van der Waals surface area contributed by atoms with Gasteiger partial charge in [-0.1, -0.05) is 25.6 Å². The van der Waals surface area contributed by atoms with Crippen molar-refractivity contribution in [3.8, 4) is 23.0 Å². The van der Waals surface area contributed by atoms with Gasteiger partial charge in [-0.05, 0) is 18.1 Å². The molecule has 0 aliphatic rings. The van der Waals surface area contributed by atoms with Crippen molar-refractivity contribution in [3.05, 3.63) is 18.2 Å². The molecule has 0 aliphatic carbocycles. The minimum atomic E-state index is 0.466. The van der Waals surface area contributed by atoms with E-state index in [0.29, 0.717) is 28.5 Å². The number of nitrogens with zero attached hydrogens (tertiary/aromatic N) is 2. The lowest BCUT2D eigenvalue weighted by molar-refractivity contribution is 0.394. The molecule has 0 amide bonds. The molecule has 2 rings (SSSR count). The minimum Gasteiger partial charge on any atom is -0.497 e. The number of ether oxygens (including phenoxy) is 2. The number of thioether (sulfide) groups is 1. The quantitative estimate of drug-likeness (QED) is 0.760. The summed E-state index contributed by atoms with van der Waals surface area (Å²) in [5.41, 5.74) is 0.782. The zero-order valence-electron chi connectivity index (χ0n) is 12.0. The van der Waals surface area contributed by atoms with Gasteiger partial charge in [-0.2, -0.15) is 0 Å². The molecule has 1 aromatic carbocycles. The van der Waals surface area contributed by atoms with Crippen LogP contribution in [0.3, 0.4) is 0 Å². The number of hydrogen-bond acceptors (Lipinski definition) is 6. The predicted molar refractivity (Wildman–Crippen MR) is 78.4 cm³/mol. The fraction of sp³-hybridized carbons (Fsp3) is 0.429. The molecular formula is C14H18N2O3S. The van der Waals surface area contributed by atoms with E-state index in [0.717, 1.165) is 11.3 Å². The first kappa shape index (κ1) is 14.7. The molecule has 0 saturated carbocycles. The standard InChI is InChI=1S/C14H18N2O3S/c1-9(2)8-20-14-16-15-13(19-14)10-5-11(17-3)7-12(6-10)18-4/h5-7,9H,8H2,1-4H3. The molecule has 108 valence electrons. The maximum absolute atomic E-state index is 5.65. The third-order valence-corrected chi connectivity index (χ3v) is 3.79. The SMILES string of the molecule is COc1cc(OC)cc(-c2nnc(SCC(C)C)o2)c1. The normalized spacial score (nSPS) is 10.8. The third kappa shape index (κ3) is 3.66. The van der Waals surface area contributed by atoms with Crippen molar-refractivity contribution in [2.45, 2.75) is 19.1 Å². The van der Waals surface area contributed by atoms with E-state index >= 15 is 0 Å². The zero-order valence-corrected chi connectivity index (χ0v) is 12.9. The van der Waals surface area contributed by atoms with Crippen LogP contribution in [0.2, 0.25) is 0 Å². The van der Waals surface area contributed by atoms with E-state index in [1.807, 2.05) is 12.1 Å².